The summed E-state index contributed by atoms with van der Waals surface area (Å²) in [5.74, 6) is -0.269. The van der Waals surface area contributed by atoms with Gasteiger partial charge in [-0.25, -0.2) is 8.42 Å². The summed E-state index contributed by atoms with van der Waals surface area (Å²) in [5, 5.41) is 3.94. The monoisotopic (exact) mass is 432 g/mol. The summed E-state index contributed by atoms with van der Waals surface area (Å²) < 4.78 is 32.9. The highest BCUT2D eigenvalue weighted by molar-refractivity contribution is 7.89. The molecule has 1 N–H and O–H groups in total. The van der Waals surface area contributed by atoms with Crippen molar-refractivity contribution >= 4 is 44.2 Å². The van der Waals surface area contributed by atoms with Crippen LogP contribution in [-0.4, -0.2) is 31.7 Å². The molecule has 1 saturated heterocycles. The van der Waals surface area contributed by atoms with Crippen LogP contribution in [0.1, 0.15) is 34.5 Å². The van der Waals surface area contributed by atoms with Crippen LogP contribution in [0.4, 0.5) is 5.69 Å². The molecule has 2 aromatic carbocycles. The first-order valence-electron chi connectivity index (χ1n) is 9.38. The molecule has 4 rings (SSSR count). The second kappa shape index (κ2) is 7.48. The van der Waals surface area contributed by atoms with Gasteiger partial charge in [-0.3, -0.25) is 4.79 Å². The van der Waals surface area contributed by atoms with E-state index in [0.29, 0.717) is 40.3 Å². The van der Waals surface area contributed by atoms with E-state index in [-0.39, 0.29) is 10.7 Å². The van der Waals surface area contributed by atoms with Gasteiger partial charge in [0.1, 0.15) is 5.58 Å². The maximum atomic E-state index is 12.8. The molecule has 1 aliphatic rings. The van der Waals surface area contributed by atoms with Crippen molar-refractivity contribution in [1.29, 1.82) is 0 Å². The molecule has 1 amide bonds. The Balaban J connectivity index is 1.67. The number of aryl methyl sites for hydroxylation is 2. The third-order valence-electron chi connectivity index (χ3n) is 5.25. The Morgan fingerprint density at radius 1 is 1.10 bits per heavy atom. The van der Waals surface area contributed by atoms with E-state index in [4.69, 9.17) is 16.0 Å². The molecule has 0 atom stereocenters. The van der Waals surface area contributed by atoms with E-state index < -0.39 is 15.9 Å². The molecule has 0 saturated carbocycles. The highest BCUT2D eigenvalue weighted by Crippen LogP contribution is 2.30. The highest BCUT2D eigenvalue weighted by atomic mass is 35.5. The van der Waals surface area contributed by atoms with Gasteiger partial charge in [-0.1, -0.05) is 17.7 Å². The lowest BCUT2D eigenvalue weighted by Crippen LogP contribution is -2.27. The van der Waals surface area contributed by atoms with Crippen molar-refractivity contribution in [3.8, 4) is 0 Å². The van der Waals surface area contributed by atoms with E-state index in [1.807, 2.05) is 13.0 Å². The van der Waals surface area contributed by atoms with Gasteiger partial charge in [0, 0.05) is 34.7 Å². The first kappa shape index (κ1) is 19.9. The third kappa shape index (κ3) is 3.66. The Labute approximate surface area is 174 Å². The lowest BCUT2D eigenvalue weighted by Gasteiger charge is -2.15. The van der Waals surface area contributed by atoms with Crippen LogP contribution in [-0.2, 0) is 10.0 Å². The predicted molar refractivity (Wildman–Crippen MR) is 113 cm³/mol. The molecule has 0 unspecified atom stereocenters. The number of amides is 1. The van der Waals surface area contributed by atoms with Gasteiger partial charge < -0.3 is 9.73 Å². The minimum Gasteiger partial charge on any atom is -0.451 e. The Morgan fingerprint density at radius 2 is 1.83 bits per heavy atom. The lowest BCUT2D eigenvalue weighted by molar-refractivity contribution is 0.0998. The van der Waals surface area contributed by atoms with Gasteiger partial charge in [-0.05, 0) is 62.6 Å². The highest BCUT2D eigenvalue weighted by Gasteiger charge is 2.28. The quantitative estimate of drug-likeness (QED) is 0.645. The number of rotatable bonds is 4. The molecular formula is C21H21ClN2O4S. The largest absolute Gasteiger partial charge is 0.451 e. The van der Waals surface area contributed by atoms with Crippen LogP contribution in [0.3, 0.4) is 0 Å². The van der Waals surface area contributed by atoms with Gasteiger partial charge >= 0.3 is 0 Å². The summed E-state index contributed by atoms with van der Waals surface area (Å²) in [6.07, 6.45) is 1.75. The van der Waals surface area contributed by atoms with Crippen molar-refractivity contribution < 1.29 is 17.6 Å². The SMILES string of the molecule is Cc1ccc(NC(=O)c2oc3ccc(S(=O)(=O)N4CCCC4)cc3c2C)cc1Cl. The van der Waals surface area contributed by atoms with Crippen LogP contribution in [0.5, 0.6) is 0 Å². The van der Waals surface area contributed by atoms with Crippen molar-refractivity contribution in [2.24, 2.45) is 0 Å². The number of nitrogens with one attached hydrogen (secondary N) is 1. The van der Waals surface area contributed by atoms with Gasteiger partial charge in [0.25, 0.3) is 5.91 Å². The van der Waals surface area contributed by atoms with Crippen molar-refractivity contribution in [2.75, 3.05) is 18.4 Å². The Hall–Kier alpha value is -2.35. The normalized spacial score (nSPS) is 15.1. The fraction of sp³-hybridized carbons (Fsp3) is 0.286. The van der Waals surface area contributed by atoms with Crippen LogP contribution < -0.4 is 5.32 Å². The molecule has 29 heavy (non-hydrogen) atoms. The number of furan rings is 1. The minimum absolute atomic E-state index is 0.146. The van der Waals surface area contributed by atoms with Crippen molar-refractivity contribution in [3.05, 3.63) is 58.3 Å². The second-order valence-electron chi connectivity index (χ2n) is 7.24. The molecule has 8 heteroatoms. The number of sulfonamides is 1. The molecule has 3 aromatic rings. The number of benzene rings is 2. The number of carbonyl (C=O) groups excluding carboxylic acids is 1. The molecule has 152 valence electrons. The van der Waals surface area contributed by atoms with E-state index in [2.05, 4.69) is 5.32 Å². The second-order valence-corrected chi connectivity index (χ2v) is 9.59. The minimum atomic E-state index is -3.54. The standard InChI is InChI=1S/C21H21ClN2O4S/c1-13-5-6-15(11-18(13)22)23-21(25)20-14(2)17-12-16(7-8-19(17)28-20)29(26,27)24-9-3-4-10-24/h5-8,11-12H,3-4,9-10H2,1-2H3,(H,23,25). The van der Waals surface area contributed by atoms with Gasteiger partial charge in [-0.2, -0.15) is 4.31 Å². The summed E-state index contributed by atoms with van der Waals surface area (Å²) in [6.45, 7) is 4.70. The molecule has 1 fully saturated rings. The summed E-state index contributed by atoms with van der Waals surface area (Å²) in [5.41, 5.74) is 2.53. The summed E-state index contributed by atoms with van der Waals surface area (Å²) >= 11 is 6.12. The maximum absolute atomic E-state index is 12.8. The van der Waals surface area contributed by atoms with E-state index >= 15 is 0 Å². The molecule has 0 radical (unpaired) electrons. The average molecular weight is 433 g/mol. The fourth-order valence-corrected chi connectivity index (χ4v) is 5.24. The number of hydrogen-bond donors (Lipinski definition) is 1. The van der Waals surface area contributed by atoms with E-state index in [9.17, 15) is 13.2 Å². The van der Waals surface area contributed by atoms with Crippen molar-refractivity contribution in [1.82, 2.24) is 4.31 Å². The summed E-state index contributed by atoms with van der Waals surface area (Å²) in [7, 11) is -3.54. The number of anilines is 1. The summed E-state index contributed by atoms with van der Waals surface area (Å²) in [4.78, 5) is 12.9. The first-order valence-corrected chi connectivity index (χ1v) is 11.2. The third-order valence-corrected chi connectivity index (χ3v) is 7.55. The van der Waals surface area contributed by atoms with Crippen LogP contribution >= 0.6 is 11.6 Å². The lowest BCUT2D eigenvalue weighted by atomic mass is 10.1. The fourth-order valence-electron chi connectivity index (χ4n) is 3.51. The molecule has 0 spiro atoms. The molecule has 1 aliphatic heterocycles. The molecule has 6 nitrogen and oxygen atoms in total. The number of halogens is 1. The maximum Gasteiger partial charge on any atom is 0.291 e. The van der Waals surface area contributed by atoms with E-state index in [1.165, 1.54) is 10.4 Å². The van der Waals surface area contributed by atoms with Crippen LogP contribution in [0.2, 0.25) is 5.02 Å². The smallest absolute Gasteiger partial charge is 0.291 e. The molecular weight excluding hydrogens is 412 g/mol. The zero-order valence-electron chi connectivity index (χ0n) is 16.2. The first-order chi connectivity index (χ1) is 13.8. The topological polar surface area (TPSA) is 79.6 Å². The molecule has 2 heterocycles. The Kier molecular flexibility index (Phi) is 5.14. The zero-order chi connectivity index (χ0) is 20.8. The number of nitrogens with zero attached hydrogens (tertiary/aromatic N) is 1. The van der Waals surface area contributed by atoms with Gasteiger partial charge in [0.05, 0.1) is 4.90 Å². The van der Waals surface area contributed by atoms with Gasteiger partial charge in [0.2, 0.25) is 10.0 Å². The van der Waals surface area contributed by atoms with Gasteiger partial charge in [-0.15, -0.1) is 0 Å². The van der Waals surface area contributed by atoms with E-state index in [1.54, 1.807) is 31.2 Å². The molecule has 1 aromatic heterocycles. The molecule has 0 aliphatic carbocycles. The average Bonchev–Trinajstić information content (AvgIpc) is 3.33. The van der Waals surface area contributed by atoms with E-state index in [0.717, 1.165) is 18.4 Å². The summed E-state index contributed by atoms with van der Waals surface area (Å²) in [6, 6.07) is 9.97. The predicted octanol–water partition coefficient (Wildman–Crippen LogP) is 4.74. The van der Waals surface area contributed by atoms with Crippen molar-refractivity contribution in [2.45, 2.75) is 31.6 Å². The zero-order valence-corrected chi connectivity index (χ0v) is 17.7. The molecule has 0 bridgehead atoms. The Morgan fingerprint density at radius 3 is 2.52 bits per heavy atom. The Bertz CT molecular complexity index is 1210. The number of fused-ring (bicyclic) bond motifs is 1. The van der Waals surface area contributed by atoms with Crippen LogP contribution in [0, 0.1) is 13.8 Å². The van der Waals surface area contributed by atoms with Crippen LogP contribution in [0.25, 0.3) is 11.0 Å². The number of hydrogen-bond acceptors (Lipinski definition) is 4. The van der Waals surface area contributed by atoms with Crippen molar-refractivity contribution in [3.63, 3.8) is 0 Å². The van der Waals surface area contributed by atoms with Gasteiger partial charge in [0.15, 0.2) is 5.76 Å². The van der Waals surface area contributed by atoms with Crippen LogP contribution in [0.15, 0.2) is 45.7 Å². The number of carbonyl (C=O) groups is 1.